The molecule has 0 aliphatic rings. The van der Waals surface area contributed by atoms with E-state index in [0.29, 0.717) is 5.95 Å². The predicted molar refractivity (Wildman–Crippen MR) is 70.4 cm³/mol. The Morgan fingerprint density at radius 2 is 2.12 bits per heavy atom. The van der Waals surface area contributed by atoms with Crippen molar-refractivity contribution in [3.05, 3.63) is 12.3 Å². The number of aromatic nitrogens is 2. The number of rotatable bonds is 9. The first-order valence-electron chi connectivity index (χ1n) is 6.25. The number of nitrogens with zero attached hydrogens (tertiary/aromatic N) is 2. The molecule has 0 bridgehead atoms. The summed E-state index contributed by atoms with van der Waals surface area (Å²) in [5, 5.41) is 6.41. The molecule has 0 aliphatic heterocycles. The molecule has 0 saturated heterocycles. The minimum Gasteiger partial charge on any atom is -0.382 e. The maximum Gasteiger partial charge on any atom is 0.224 e. The van der Waals surface area contributed by atoms with Crippen LogP contribution in [0.15, 0.2) is 12.3 Å². The largest absolute Gasteiger partial charge is 0.382 e. The summed E-state index contributed by atoms with van der Waals surface area (Å²) >= 11 is 0. The zero-order chi connectivity index (χ0) is 12.3. The van der Waals surface area contributed by atoms with E-state index in [1.807, 2.05) is 13.0 Å². The van der Waals surface area contributed by atoms with Gasteiger partial charge in [0.15, 0.2) is 0 Å². The molecular formula is C12H22N4O. The zero-order valence-corrected chi connectivity index (χ0v) is 10.7. The minimum absolute atomic E-state index is 0.682. The lowest BCUT2D eigenvalue weighted by Gasteiger charge is -2.07. The Kier molecular flexibility index (Phi) is 7.06. The van der Waals surface area contributed by atoms with Crippen LogP contribution < -0.4 is 10.6 Å². The van der Waals surface area contributed by atoms with Crippen LogP contribution in [0.2, 0.25) is 0 Å². The van der Waals surface area contributed by atoms with Gasteiger partial charge in [-0.05, 0) is 25.8 Å². The monoisotopic (exact) mass is 238 g/mol. The maximum absolute atomic E-state index is 5.26. The van der Waals surface area contributed by atoms with Gasteiger partial charge in [-0.2, -0.15) is 4.98 Å². The van der Waals surface area contributed by atoms with Gasteiger partial charge in [-0.25, -0.2) is 4.98 Å². The highest BCUT2D eigenvalue weighted by molar-refractivity contribution is 5.39. The van der Waals surface area contributed by atoms with Crippen molar-refractivity contribution in [3.63, 3.8) is 0 Å². The van der Waals surface area contributed by atoms with Gasteiger partial charge in [-0.15, -0.1) is 0 Å². The summed E-state index contributed by atoms with van der Waals surface area (Å²) in [5.41, 5.74) is 0. The number of hydrogen-bond acceptors (Lipinski definition) is 5. The molecule has 0 amide bonds. The summed E-state index contributed by atoms with van der Waals surface area (Å²) in [4.78, 5) is 8.50. The Bertz CT molecular complexity index is 306. The van der Waals surface area contributed by atoms with Gasteiger partial charge < -0.3 is 15.4 Å². The molecule has 0 aromatic carbocycles. The van der Waals surface area contributed by atoms with Crippen LogP contribution in [0.1, 0.15) is 26.7 Å². The van der Waals surface area contributed by atoms with E-state index in [0.717, 1.165) is 45.0 Å². The molecular weight excluding hydrogens is 216 g/mol. The van der Waals surface area contributed by atoms with E-state index in [4.69, 9.17) is 4.74 Å². The van der Waals surface area contributed by atoms with Crippen LogP contribution in [0.5, 0.6) is 0 Å². The summed E-state index contributed by atoms with van der Waals surface area (Å²) < 4.78 is 5.26. The Morgan fingerprint density at radius 3 is 2.88 bits per heavy atom. The van der Waals surface area contributed by atoms with Crippen LogP contribution in [0.3, 0.4) is 0 Å². The lowest BCUT2D eigenvalue weighted by atomic mass is 10.4. The van der Waals surface area contributed by atoms with Crippen molar-refractivity contribution in [1.29, 1.82) is 0 Å². The third-order valence-corrected chi connectivity index (χ3v) is 2.16. The van der Waals surface area contributed by atoms with Crippen LogP contribution in [-0.2, 0) is 4.74 Å². The van der Waals surface area contributed by atoms with Crippen molar-refractivity contribution in [2.45, 2.75) is 26.7 Å². The van der Waals surface area contributed by atoms with Crippen LogP contribution in [-0.4, -0.2) is 36.3 Å². The first-order chi connectivity index (χ1) is 8.36. The highest BCUT2D eigenvalue weighted by Gasteiger charge is 1.97. The van der Waals surface area contributed by atoms with Gasteiger partial charge in [0.05, 0.1) is 0 Å². The zero-order valence-electron chi connectivity index (χ0n) is 10.7. The van der Waals surface area contributed by atoms with E-state index in [9.17, 15) is 0 Å². The summed E-state index contributed by atoms with van der Waals surface area (Å²) in [5.74, 6) is 1.54. The first kappa shape index (κ1) is 13.7. The van der Waals surface area contributed by atoms with E-state index in [2.05, 4.69) is 27.5 Å². The topological polar surface area (TPSA) is 59.1 Å². The third kappa shape index (κ3) is 6.06. The highest BCUT2D eigenvalue weighted by Crippen LogP contribution is 2.05. The quantitative estimate of drug-likeness (QED) is 0.645. The molecule has 5 heteroatoms. The Hall–Kier alpha value is -1.36. The van der Waals surface area contributed by atoms with Crippen molar-refractivity contribution in [2.24, 2.45) is 0 Å². The maximum atomic E-state index is 5.26. The highest BCUT2D eigenvalue weighted by atomic mass is 16.5. The van der Waals surface area contributed by atoms with E-state index >= 15 is 0 Å². The molecule has 1 aromatic rings. The average molecular weight is 238 g/mol. The molecule has 1 rings (SSSR count). The number of nitrogens with one attached hydrogen (secondary N) is 2. The molecule has 0 fully saturated rings. The second kappa shape index (κ2) is 8.75. The van der Waals surface area contributed by atoms with Gasteiger partial charge in [0, 0.05) is 32.5 Å². The van der Waals surface area contributed by atoms with Crippen molar-refractivity contribution >= 4 is 11.8 Å². The Morgan fingerprint density at radius 1 is 1.24 bits per heavy atom. The molecule has 0 saturated carbocycles. The summed E-state index contributed by atoms with van der Waals surface area (Å²) in [6.45, 7) is 7.44. The predicted octanol–water partition coefficient (Wildman–Crippen LogP) is 2.14. The van der Waals surface area contributed by atoms with Crippen LogP contribution in [0, 0.1) is 0 Å². The fraction of sp³-hybridized carbons (Fsp3) is 0.667. The molecule has 2 N–H and O–H groups in total. The third-order valence-electron chi connectivity index (χ3n) is 2.16. The standard InChI is InChI=1S/C12H22N4O/c1-3-7-14-12-15-9-6-11(16-12)13-8-5-10-17-4-2/h6,9H,3-5,7-8,10H2,1-2H3,(H2,13,14,15,16). The molecule has 96 valence electrons. The van der Waals surface area contributed by atoms with E-state index in [1.165, 1.54) is 0 Å². The molecule has 0 radical (unpaired) electrons. The fourth-order valence-corrected chi connectivity index (χ4v) is 1.31. The van der Waals surface area contributed by atoms with E-state index in [-0.39, 0.29) is 0 Å². The van der Waals surface area contributed by atoms with Crippen molar-refractivity contribution in [1.82, 2.24) is 9.97 Å². The number of anilines is 2. The van der Waals surface area contributed by atoms with Crippen LogP contribution >= 0.6 is 0 Å². The fourth-order valence-electron chi connectivity index (χ4n) is 1.31. The molecule has 0 unspecified atom stereocenters. The molecule has 0 aliphatic carbocycles. The van der Waals surface area contributed by atoms with Crippen LogP contribution in [0.4, 0.5) is 11.8 Å². The lowest BCUT2D eigenvalue weighted by molar-refractivity contribution is 0.147. The molecule has 1 heterocycles. The normalized spacial score (nSPS) is 10.2. The second-order valence-electron chi connectivity index (χ2n) is 3.67. The Balaban J connectivity index is 2.27. The van der Waals surface area contributed by atoms with Crippen LogP contribution in [0.25, 0.3) is 0 Å². The summed E-state index contributed by atoms with van der Waals surface area (Å²) in [6.07, 6.45) is 3.81. The lowest BCUT2D eigenvalue weighted by Crippen LogP contribution is -2.09. The smallest absolute Gasteiger partial charge is 0.224 e. The van der Waals surface area contributed by atoms with Gasteiger partial charge in [0.2, 0.25) is 5.95 Å². The number of ether oxygens (including phenoxy) is 1. The number of hydrogen-bond donors (Lipinski definition) is 2. The van der Waals surface area contributed by atoms with Crippen molar-refractivity contribution in [3.8, 4) is 0 Å². The SMILES string of the molecule is CCCNc1nccc(NCCCOCC)n1. The van der Waals surface area contributed by atoms with E-state index in [1.54, 1.807) is 6.20 Å². The van der Waals surface area contributed by atoms with Crippen molar-refractivity contribution < 1.29 is 4.74 Å². The van der Waals surface area contributed by atoms with Gasteiger partial charge in [0.1, 0.15) is 5.82 Å². The second-order valence-corrected chi connectivity index (χ2v) is 3.67. The van der Waals surface area contributed by atoms with Crippen molar-refractivity contribution in [2.75, 3.05) is 36.9 Å². The van der Waals surface area contributed by atoms with Gasteiger partial charge in [-0.3, -0.25) is 0 Å². The summed E-state index contributed by atoms with van der Waals surface area (Å²) in [7, 11) is 0. The van der Waals surface area contributed by atoms with Gasteiger partial charge in [-0.1, -0.05) is 6.92 Å². The van der Waals surface area contributed by atoms with Gasteiger partial charge >= 0.3 is 0 Å². The Labute approximate surface area is 103 Å². The van der Waals surface area contributed by atoms with Gasteiger partial charge in [0.25, 0.3) is 0 Å². The molecule has 1 aromatic heterocycles. The first-order valence-corrected chi connectivity index (χ1v) is 6.25. The molecule has 0 atom stereocenters. The molecule has 0 spiro atoms. The minimum atomic E-state index is 0.682. The molecule has 5 nitrogen and oxygen atoms in total. The summed E-state index contributed by atoms with van der Waals surface area (Å²) in [6, 6.07) is 1.87. The average Bonchev–Trinajstić information content (AvgIpc) is 2.37. The van der Waals surface area contributed by atoms with E-state index < -0.39 is 0 Å². The molecule has 17 heavy (non-hydrogen) atoms.